The zero-order valence-electron chi connectivity index (χ0n) is 16.5. The van der Waals surface area contributed by atoms with Gasteiger partial charge in [-0.2, -0.15) is 8.78 Å². The molecule has 2 aliphatic rings. The Morgan fingerprint density at radius 1 is 1.25 bits per heavy atom. The molecule has 166 valence electrons. The number of nitrogens with zero attached hydrogens (tertiary/aromatic N) is 2. The molecular formula is C21H17ClF2N4O4. The second-order valence-electron chi connectivity index (χ2n) is 7.51. The van der Waals surface area contributed by atoms with E-state index in [2.05, 4.69) is 15.6 Å². The maximum Gasteiger partial charge on any atom is 0.366 e. The highest BCUT2D eigenvalue weighted by Crippen LogP contribution is 2.29. The number of imide groups is 1. The van der Waals surface area contributed by atoms with Crippen LogP contribution in [0.1, 0.15) is 40.0 Å². The fraction of sp³-hybridized carbons (Fsp3) is 0.286. The van der Waals surface area contributed by atoms with Crippen LogP contribution in [0.4, 0.5) is 8.78 Å². The van der Waals surface area contributed by atoms with Gasteiger partial charge in [0.2, 0.25) is 11.8 Å². The third-order valence-electron chi connectivity index (χ3n) is 5.38. The SMILES string of the molecule is O=C1CCC(N2Cc3cc(CNC(=O)C(F)(F)c4ccc(Cl)cn4)ccc3C2=O)C(=O)N1. The lowest BCUT2D eigenvalue weighted by Gasteiger charge is -2.29. The number of carbonyl (C=O) groups excluding carboxylic acids is 4. The Hall–Kier alpha value is -3.40. The molecule has 0 spiro atoms. The van der Waals surface area contributed by atoms with Crippen molar-refractivity contribution < 1.29 is 28.0 Å². The smallest absolute Gasteiger partial charge is 0.346 e. The van der Waals surface area contributed by atoms with E-state index < -0.39 is 29.5 Å². The summed E-state index contributed by atoms with van der Waals surface area (Å²) in [5, 5.41) is 4.58. The van der Waals surface area contributed by atoms with E-state index in [0.717, 1.165) is 12.3 Å². The maximum atomic E-state index is 14.3. The van der Waals surface area contributed by atoms with Crippen molar-refractivity contribution in [3.05, 3.63) is 63.9 Å². The lowest BCUT2D eigenvalue weighted by Crippen LogP contribution is -2.52. The average molecular weight is 463 g/mol. The lowest BCUT2D eigenvalue weighted by molar-refractivity contribution is -0.147. The van der Waals surface area contributed by atoms with Crippen LogP contribution in [-0.4, -0.2) is 39.6 Å². The summed E-state index contributed by atoms with van der Waals surface area (Å²) in [6, 6.07) is 6.15. The number of hydrogen-bond acceptors (Lipinski definition) is 5. The summed E-state index contributed by atoms with van der Waals surface area (Å²) in [4.78, 5) is 53.1. The Morgan fingerprint density at radius 2 is 2.03 bits per heavy atom. The normalized spacial score (nSPS) is 18.4. The summed E-state index contributed by atoms with van der Waals surface area (Å²) >= 11 is 5.64. The lowest BCUT2D eigenvalue weighted by atomic mass is 10.0. The number of benzene rings is 1. The Kier molecular flexibility index (Phi) is 5.64. The van der Waals surface area contributed by atoms with Gasteiger partial charge in [0.15, 0.2) is 0 Å². The second-order valence-corrected chi connectivity index (χ2v) is 7.95. The molecule has 1 aromatic heterocycles. The highest BCUT2D eigenvalue weighted by atomic mass is 35.5. The van der Waals surface area contributed by atoms with E-state index in [4.69, 9.17) is 11.6 Å². The topological polar surface area (TPSA) is 108 Å². The van der Waals surface area contributed by atoms with Gasteiger partial charge in [0.25, 0.3) is 11.8 Å². The number of aromatic nitrogens is 1. The van der Waals surface area contributed by atoms with Crippen molar-refractivity contribution in [1.82, 2.24) is 20.5 Å². The maximum absolute atomic E-state index is 14.3. The minimum absolute atomic E-state index is 0.143. The fourth-order valence-corrected chi connectivity index (χ4v) is 3.82. The predicted molar refractivity (Wildman–Crippen MR) is 107 cm³/mol. The van der Waals surface area contributed by atoms with Crippen molar-refractivity contribution in [1.29, 1.82) is 0 Å². The third-order valence-corrected chi connectivity index (χ3v) is 5.60. The Bertz CT molecular complexity index is 1120. The van der Waals surface area contributed by atoms with Crippen LogP contribution in [0, 0.1) is 0 Å². The third kappa shape index (κ3) is 4.05. The number of piperidine rings is 1. The molecule has 2 aliphatic heterocycles. The predicted octanol–water partition coefficient (Wildman–Crippen LogP) is 1.90. The van der Waals surface area contributed by atoms with E-state index in [-0.39, 0.29) is 42.8 Å². The number of pyridine rings is 1. The number of fused-ring (bicyclic) bond motifs is 1. The van der Waals surface area contributed by atoms with Gasteiger partial charge in [0.05, 0.1) is 5.02 Å². The monoisotopic (exact) mass is 462 g/mol. The summed E-state index contributed by atoms with van der Waals surface area (Å²) < 4.78 is 28.7. The van der Waals surface area contributed by atoms with E-state index in [9.17, 15) is 28.0 Å². The first kappa shape index (κ1) is 21.8. The van der Waals surface area contributed by atoms with Gasteiger partial charge in [0, 0.05) is 31.3 Å². The number of hydrogen-bond donors (Lipinski definition) is 2. The van der Waals surface area contributed by atoms with E-state index in [1.807, 2.05) is 0 Å². The molecule has 1 unspecified atom stereocenters. The van der Waals surface area contributed by atoms with E-state index >= 15 is 0 Å². The van der Waals surface area contributed by atoms with Gasteiger partial charge in [-0.15, -0.1) is 0 Å². The standard InChI is InChI=1S/C21H17ClF2N4O4/c22-13-2-5-16(25-9-13)21(23,24)20(32)26-8-11-1-3-14-12(7-11)10-28(19(14)31)15-4-6-17(29)27-18(15)30/h1-3,5,7,9,15H,4,6,8,10H2,(H,26,32)(H,27,29,30). The molecule has 1 saturated heterocycles. The number of rotatable bonds is 5. The van der Waals surface area contributed by atoms with Crippen molar-refractivity contribution in [3.8, 4) is 0 Å². The molecule has 1 aromatic carbocycles. The molecule has 0 radical (unpaired) electrons. The molecule has 2 N–H and O–H groups in total. The first-order valence-electron chi connectivity index (χ1n) is 9.71. The molecule has 0 bridgehead atoms. The highest BCUT2D eigenvalue weighted by molar-refractivity contribution is 6.30. The molecule has 0 aliphatic carbocycles. The van der Waals surface area contributed by atoms with Crippen molar-refractivity contribution in [2.75, 3.05) is 0 Å². The van der Waals surface area contributed by atoms with Crippen LogP contribution in [0.5, 0.6) is 0 Å². The molecule has 3 heterocycles. The van der Waals surface area contributed by atoms with Crippen LogP contribution in [0.25, 0.3) is 0 Å². The molecular weight excluding hydrogens is 446 g/mol. The Balaban J connectivity index is 1.43. The molecule has 8 nitrogen and oxygen atoms in total. The minimum Gasteiger partial charge on any atom is -0.346 e. The fourth-order valence-electron chi connectivity index (χ4n) is 3.71. The van der Waals surface area contributed by atoms with Gasteiger partial charge in [-0.25, -0.2) is 0 Å². The van der Waals surface area contributed by atoms with Crippen molar-refractivity contribution in [2.45, 2.75) is 37.9 Å². The number of amides is 4. The van der Waals surface area contributed by atoms with E-state index in [1.54, 1.807) is 12.1 Å². The summed E-state index contributed by atoms with van der Waals surface area (Å²) in [5.74, 6) is -6.61. The zero-order valence-corrected chi connectivity index (χ0v) is 17.3. The van der Waals surface area contributed by atoms with Crippen molar-refractivity contribution in [2.24, 2.45) is 0 Å². The van der Waals surface area contributed by atoms with Crippen LogP contribution in [0.2, 0.25) is 5.02 Å². The van der Waals surface area contributed by atoms with Crippen molar-refractivity contribution in [3.63, 3.8) is 0 Å². The Labute approximate surface area is 185 Å². The molecule has 11 heteroatoms. The van der Waals surface area contributed by atoms with Gasteiger partial charge in [0.1, 0.15) is 11.7 Å². The molecule has 4 rings (SSSR count). The summed E-state index contributed by atoms with van der Waals surface area (Å²) in [6.45, 7) is -0.0466. The highest BCUT2D eigenvalue weighted by Gasteiger charge is 2.42. The second kappa shape index (κ2) is 8.27. The largest absolute Gasteiger partial charge is 0.366 e. The molecule has 2 aromatic rings. The van der Waals surface area contributed by atoms with Crippen LogP contribution in [-0.2, 0) is 33.4 Å². The number of nitrogens with one attached hydrogen (secondary N) is 2. The molecule has 4 amide bonds. The average Bonchev–Trinajstić information content (AvgIpc) is 3.08. The number of halogens is 3. The molecule has 0 saturated carbocycles. The Morgan fingerprint density at radius 3 is 2.72 bits per heavy atom. The number of alkyl halides is 2. The molecule has 1 fully saturated rings. The molecule has 32 heavy (non-hydrogen) atoms. The van der Waals surface area contributed by atoms with Gasteiger partial charge in [-0.3, -0.25) is 29.5 Å². The number of carbonyl (C=O) groups is 4. The first-order valence-corrected chi connectivity index (χ1v) is 10.1. The van der Waals surface area contributed by atoms with E-state index in [0.29, 0.717) is 16.7 Å². The zero-order chi connectivity index (χ0) is 23.0. The van der Waals surface area contributed by atoms with E-state index in [1.165, 1.54) is 17.0 Å². The van der Waals surface area contributed by atoms with Gasteiger partial charge < -0.3 is 10.2 Å². The van der Waals surface area contributed by atoms with Gasteiger partial charge >= 0.3 is 5.92 Å². The van der Waals surface area contributed by atoms with Crippen LogP contribution < -0.4 is 10.6 Å². The van der Waals surface area contributed by atoms with Crippen LogP contribution in [0.15, 0.2) is 36.5 Å². The van der Waals surface area contributed by atoms with Gasteiger partial charge in [-0.1, -0.05) is 23.7 Å². The molecule has 1 atom stereocenters. The van der Waals surface area contributed by atoms with Gasteiger partial charge in [-0.05, 0) is 35.7 Å². The van der Waals surface area contributed by atoms with Crippen LogP contribution >= 0.6 is 11.6 Å². The minimum atomic E-state index is -3.85. The summed E-state index contributed by atoms with van der Waals surface area (Å²) in [6.07, 6.45) is 1.41. The van der Waals surface area contributed by atoms with Crippen molar-refractivity contribution >= 4 is 35.2 Å². The summed E-state index contributed by atoms with van der Waals surface area (Å²) in [7, 11) is 0. The first-order chi connectivity index (χ1) is 15.2. The quantitative estimate of drug-likeness (QED) is 0.660. The van der Waals surface area contributed by atoms with Crippen LogP contribution in [0.3, 0.4) is 0 Å². The summed E-state index contributed by atoms with van der Waals surface area (Å²) in [5.41, 5.74) is 0.784.